The van der Waals surface area contributed by atoms with E-state index in [2.05, 4.69) is 17.0 Å². The molecular weight excluding hydrogens is 382 g/mol. The molecule has 1 aromatic heterocycles. The molecule has 1 fully saturated rings. The van der Waals surface area contributed by atoms with Crippen molar-refractivity contribution in [2.45, 2.75) is 45.7 Å². The maximum Gasteiger partial charge on any atom is 0.266 e. The number of sulfonamides is 1. The van der Waals surface area contributed by atoms with Gasteiger partial charge in [0.05, 0.1) is 23.0 Å². The molecule has 27 heavy (non-hydrogen) atoms. The normalized spacial score (nSPS) is 19.3. The van der Waals surface area contributed by atoms with Crippen molar-refractivity contribution in [2.75, 3.05) is 12.8 Å². The molecule has 0 aliphatic carbocycles. The van der Waals surface area contributed by atoms with E-state index >= 15 is 0 Å². The van der Waals surface area contributed by atoms with Gasteiger partial charge in [0.25, 0.3) is 5.91 Å². The number of benzene rings is 1. The van der Waals surface area contributed by atoms with Crippen LogP contribution >= 0.6 is 11.3 Å². The van der Waals surface area contributed by atoms with Crippen LogP contribution in [0, 0.1) is 26.2 Å². The molecule has 2 aromatic rings. The number of hydrogen-bond acceptors (Lipinski definition) is 4. The molecule has 1 atom stereocenters. The van der Waals surface area contributed by atoms with E-state index in [-0.39, 0.29) is 0 Å². The number of carbonyl (C=O) groups excluding carboxylic acids is 1. The Hall–Kier alpha value is -1.95. The van der Waals surface area contributed by atoms with Crippen molar-refractivity contribution < 1.29 is 13.2 Å². The summed E-state index contributed by atoms with van der Waals surface area (Å²) in [5.41, 5.74) is 3.16. The first-order valence-electron chi connectivity index (χ1n) is 8.82. The van der Waals surface area contributed by atoms with Gasteiger partial charge in [-0.05, 0) is 43.9 Å². The number of rotatable bonds is 3. The lowest BCUT2D eigenvalue weighted by molar-refractivity contribution is -0.122. The van der Waals surface area contributed by atoms with Gasteiger partial charge in [-0.1, -0.05) is 29.7 Å². The van der Waals surface area contributed by atoms with E-state index in [1.807, 2.05) is 24.5 Å². The smallest absolute Gasteiger partial charge is 0.266 e. The third-order valence-corrected chi connectivity index (χ3v) is 7.25. The van der Waals surface area contributed by atoms with Crippen LogP contribution in [-0.2, 0) is 21.4 Å². The third-order valence-electron chi connectivity index (χ3n) is 4.73. The minimum absolute atomic E-state index is 0.301. The second-order valence-electron chi connectivity index (χ2n) is 6.94. The molecular formula is C19H23N3O3S2. The average Bonchev–Trinajstić information content (AvgIpc) is 2.92. The predicted molar refractivity (Wildman–Crippen MR) is 108 cm³/mol. The maximum absolute atomic E-state index is 12.9. The number of terminal acetylenes is 1. The highest BCUT2D eigenvalue weighted by molar-refractivity contribution is 7.88. The van der Waals surface area contributed by atoms with Crippen LogP contribution < -0.4 is 4.80 Å². The minimum atomic E-state index is -3.45. The van der Waals surface area contributed by atoms with E-state index in [1.54, 1.807) is 0 Å². The first kappa shape index (κ1) is 19.8. The fourth-order valence-electron chi connectivity index (χ4n) is 3.56. The minimum Gasteiger partial charge on any atom is -0.305 e. The summed E-state index contributed by atoms with van der Waals surface area (Å²) in [6.45, 7) is 4.69. The molecule has 8 heteroatoms. The van der Waals surface area contributed by atoms with Crippen molar-refractivity contribution in [1.82, 2.24) is 8.87 Å². The van der Waals surface area contributed by atoms with Crippen LogP contribution in [0.15, 0.2) is 17.1 Å². The number of hydrogen-bond donors (Lipinski definition) is 0. The van der Waals surface area contributed by atoms with Crippen LogP contribution in [-0.4, -0.2) is 42.0 Å². The third kappa shape index (κ3) is 4.00. The van der Waals surface area contributed by atoms with Crippen LogP contribution in [0.2, 0.25) is 0 Å². The van der Waals surface area contributed by atoms with Crippen LogP contribution in [0.25, 0.3) is 10.2 Å². The number of aryl methyl sites for hydroxylation is 2. The van der Waals surface area contributed by atoms with Gasteiger partial charge in [0.15, 0.2) is 4.80 Å². The number of carbonyl (C=O) groups is 1. The Morgan fingerprint density at radius 3 is 2.78 bits per heavy atom. The fourth-order valence-corrected chi connectivity index (χ4v) is 5.76. The Balaban J connectivity index is 2.12. The van der Waals surface area contributed by atoms with Gasteiger partial charge in [-0.25, -0.2) is 8.42 Å². The van der Waals surface area contributed by atoms with Crippen LogP contribution in [0.5, 0.6) is 0 Å². The fraction of sp³-hybridized carbons (Fsp3) is 0.474. The molecule has 0 bridgehead atoms. The van der Waals surface area contributed by atoms with E-state index in [9.17, 15) is 13.2 Å². The molecule has 0 N–H and O–H groups in total. The van der Waals surface area contributed by atoms with Gasteiger partial charge in [0, 0.05) is 6.54 Å². The average molecular weight is 406 g/mol. The van der Waals surface area contributed by atoms with E-state index < -0.39 is 22.0 Å². The zero-order valence-corrected chi connectivity index (χ0v) is 17.4. The molecule has 3 rings (SSSR count). The SMILES string of the molecule is C#CCn1c(=NC(=O)C2CCCCN2S(C)(=O)=O)sc2c(C)cc(C)cc21. The van der Waals surface area contributed by atoms with Crippen LogP contribution in [0.4, 0.5) is 0 Å². The van der Waals surface area contributed by atoms with Crippen molar-refractivity contribution in [2.24, 2.45) is 4.99 Å². The molecule has 6 nitrogen and oxygen atoms in total. The quantitative estimate of drug-likeness (QED) is 0.735. The summed E-state index contributed by atoms with van der Waals surface area (Å²) in [6, 6.07) is 3.38. The molecule has 1 aliphatic heterocycles. The van der Waals surface area contributed by atoms with Crippen molar-refractivity contribution >= 4 is 37.5 Å². The monoisotopic (exact) mass is 405 g/mol. The highest BCUT2D eigenvalue weighted by Gasteiger charge is 2.34. The molecule has 0 radical (unpaired) electrons. The first-order valence-corrected chi connectivity index (χ1v) is 11.5. The van der Waals surface area contributed by atoms with E-state index in [0.717, 1.165) is 40.4 Å². The lowest BCUT2D eigenvalue weighted by Crippen LogP contribution is -2.47. The zero-order chi connectivity index (χ0) is 19.8. The molecule has 2 heterocycles. The largest absolute Gasteiger partial charge is 0.305 e. The molecule has 1 unspecified atom stereocenters. The molecule has 1 amide bonds. The van der Waals surface area contributed by atoms with Crippen molar-refractivity contribution in [3.05, 3.63) is 28.1 Å². The number of nitrogens with zero attached hydrogens (tertiary/aromatic N) is 3. The molecule has 0 spiro atoms. The standard InChI is InChI=1S/C19H23N3O3S2/c1-5-9-21-16-12-13(2)11-14(3)17(16)26-19(21)20-18(23)15-8-6-7-10-22(15)27(4,24)25/h1,11-12,15H,6-10H2,2-4H3. The summed E-state index contributed by atoms with van der Waals surface area (Å²) in [7, 11) is -3.45. The summed E-state index contributed by atoms with van der Waals surface area (Å²) in [6.07, 6.45) is 8.74. The molecule has 0 saturated carbocycles. The molecule has 1 aliphatic rings. The summed E-state index contributed by atoms with van der Waals surface area (Å²) >= 11 is 1.41. The van der Waals surface area contributed by atoms with Crippen molar-refractivity contribution in [3.8, 4) is 12.3 Å². The first-order chi connectivity index (χ1) is 12.7. The molecule has 1 saturated heterocycles. The van der Waals surface area contributed by atoms with E-state index in [4.69, 9.17) is 6.42 Å². The second kappa shape index (κ2) is 7.58. The Labute approximate surface area is 163 Å². The number of aromatic nitrogens is 1. The van der Waals surface area contributed by atoms with Crippen molar-refractivity contribution in [1.29, 1.82) is 0 Å². The predicted octanol–water partition coefficient (Wildman–Crippen LogP) is 2.19. The van der Waals surface area contributed by atoms with Crippen LogP contribution in [0.3, 0.4) is 0 Å². The lowest BCUT2D eigenvalue weighted by atomic mass is 10.0. The maximum atomic E-state index is 12.9. The van der Waals surface area contributed by atoms with Gasteiger partial charge in [-0.3, -0.25) is 4.79 Å². The summed E-state index contributed by atoms with van der Waals surface area (Å²) < 4.78 is 28.3. The van der Waals surface area contributed by atoms with Crippen molar-refractivity contribution in [3.63, 3.8) is 0 Å². The zero-order valence-electron chi connectivity index (χ0n) is 15.7. The highest BCUT2D eigenvalue weighted by Crippen LogP contribution is 2.24. The topological polar surface area (TPSA) is 71.7 Å². The van der Waals surface area contributed by atoms with E-state index in [1.165, 1.54) is 15.6 Å². The Morgan fingerprint density at radius 1 is 1.37 bits per heavy atom. The van der Waals surface area contributed by atoms with Gasteiger partial charge >= 0.3 is 0 Å². The highest BCUT2D eigenvalue weighted by atomic mass is 32.2. The van der Waals surface area contributed by atoms with Gasteiger partial charge in [-0.2, -0.15) is 9.30 Å². The summed E-state index contributed by atoms with van der Waals surface area (Å²) in [5.74, 6) is 2.20. The lowest BCUT2D eigenvalue weighted by Gasteiger charge is -2.31. The Morgan fingerprint density at radius 2 is 2.11 bits per heavy atom. The van der Waals surface area contributed by atoms with Gasteiger partial charge < -0.3 is 4.57 Å². The Bertz CT molecular complexity index is 1100. The van der Waals surface area contributed by atoms with Crippen LogP contribution in [0.1, 0.15) is 30.4 Å². The number of fused-ring (bicyclic) bond motifs is 1. The number of thiazole rings is 1. The second-order valence-corrected chi connectivity index (χ2v) is 9.85. The summed E-state index contributed by atoms with van der Waals surface area (Å²) in [5, 5.41) is 0. The number of piperidine rings is 1. The van der Waals surface area contributed by atoms with Gasteiger partial charge in [0.1, 0.15) is 6.04 Å². The Kier molecular flexibility index (Phi) is 5.56. The van der Waals surface area contributed by atoms with Gasteiger partial charge in [-0.15, -0.1) is 6.42 Å². The number of amides is 1. The molecule has 1 aromatic carbocycles. The summed E-state index contributed by atoms with van der Waals surface area (Å²) in [4.78, 5) is 17.7. The van der Waals surface area contributed by atoms with E-state index in [0.29, 0.717) is 24.3 Å². The molecule has 144 valence electrons. The van der Waals surface area contributed by atoms with Gasteiger partial charge in [0.2, 0.25) is 10.0 Å².